The Hall–Kier alpha value is -2.61. The predicted molar refractivity (Wildman–Crippen MR) is 77.0 cm³/mol. The minimum absolute atomic E-state index is 0.401. The van der Waals surface area contributed by atoms with Crippen LogP contribution in [0.4, 0.5) is 0 Å². The van der Waals surface area contributed by atoms with Gasteiger partial charge in [-0.2, -0.15) is 0 Å². The van der Waals surface area contributed by atoms with Gasteiger partial charge in [-0.3, -0.25) is 4.79 Å². The number of carbonyl (C=O) groups is 1. The molecule has 0 radical (unpaired) electrons. The van der Waals surface area contributed by atoms with Crippen molar-refractivity contribution < 1.29 is 4.79 Å². The van der Waals surface area contributed by atoms with Gasteiger partial charge in [0.2, 0.25) is 5.91 Å². The van der Waals surface area contributed by atoms with Gasteiger partial charge < -0.3 is 5.73 Å². The van der Waals surface area contributed by atoms with Crippen molar-refractivity contribution in [2.45, 2.75) is 0 Å². The topological polar surface area (TPSA) is 43.1 Å². The lowest BCUT2D eigenvalue weighted by atomic mass is 9.95. The molecule has 2 N–H and O–H groups in total. The fourth-order valence-corrected chi connectivity index (χ4v) is 2.39. The van der Waals surface area contributed by atoms with Gasteiger partial charge in [-0.1, -0.05) is 60.7 Å². The first-order valence-electron chi connectivity index (χ1n) is 6.14. The highest BCUT2D eigenvalue weighted by Crippen LogP contribution is 2.34. The van der Waals surface area contributed by atoms with Crippen LogP contribution in [0.1, 0.15) is 10.4 Å². The van der Waals surface area contributed by atoms with Crippen molar-refractivity contribution in [2.24, 2.45) is 5.73 Å². The van der Waals surface area contributed by atoms with Gasteiger partial charge in [0.25, 0.3) is 0 Å². The summed E-state index contributed by atoms with van der Waals surface area (Å²) in [6, 6.07) is 21.6. The van der Waals surface area contributed by atoms with E-state index in [1.54, 1.807) is 6.07 Å². The predicted octanol–water partition coefficient (Wildman–Crippen LogP) is 3.56. The summed E-state index contributed by atoms with van der Waals surface area (Å²) in [5, 5.41) is 0. The maximum Gasteiger partial charge on any atom is 0.249 e. The standard InChI is InChI=1S/C17H13NO/c18-17(19)16-10-4-3-9-15(16)14-8-2-1-6-12-7-5-11-13(12)14/h1-11H,(H2,18,19). The quantitative estimate of drug-likeness (QED) is 0.739. The maximum atomic E-state index is 11.6. The van der Waals surface area contributed by atoms with Crippen LogP contribution in [0, 0.1) is 0 Å². The molecule has 1 aromatic rings. The maximum absolute atomic E-state index is 11.6. The number of primary amides is 1. The first-order valence-corrected chi connectivity index (χ1v) is 6.14. The molecule has 0 fully saturated rings. The summed E-state index contributed by atoms with van der Waals surface area (Å²) in [5.74, 6) is -0.401. The van der Waals surface area contributed by atoms with Crippen molar-refractivity contribution in [1.82, 2.24) is 0 Å². The van der Waals surface area contributed by atoms with Gasteiger partial charge in [-0.05, 0) is 28.3 Å². The lowest BCUT2D eigenvalue weighted by Gasteiger charge is -2.08. The van der Waals surface area contributed by atoms with E-state index in [-0.39, 0.29) is 0 Å². The molecule has 19 heavy (non-hydrogen) atoms. The minimum Gasteiger partial charge on any atom is -0.366 e. The van der Waals surface area contributed by atoms with Crippen LogP contribution in [0.25, 0.3) is 22.3 Å². The van der Waals surface area contributed by atoms with Crippen LogP contribution < -0.4 is 5.73 Å². The number of amides is 1. The Morgan fingerprint density at radius 3 is 2.05 bits per heavy atom. The van der Waals surface area contributed by atoms with E-state index in [2.05, 4.69) is 18.2 Å². The molecule has 0 unspecified atom stereocenters. The highest BCUT2D eigenvalue weighted by Gasteiger charge is 2.13. The molecule has 0 bridgehead atoms. The zero-order valence-corrected chi connectivity index (χ0v) is 10.3. The Labute approximate surface area is 111 Å². The molecule has 1 aromatic carbocycles. The van der Waals surface area contributed by atoms with Crippen LogP contribution in [0.5, 0.6) is 0 Å². The summed E-state index contributed by atoms with van der Waals surface area (Å²) < 4.78 is 0. The monoisotopic (exact) mass is 247 g/mol. The molecule has 0 aliphatic heterocycles. The van der Waals surface area contributed by atoms with Crippen LogP contribution in [-0.2, 0) is 0 Å². The third kappa shape index (κ3) is 1.97. The van der Waals surface area contributed by atoms with Crippen LogP contribution in [0.3, 0.4) is 0 Å². The average Bonchev–Trinajstić information content (AvgIpc) is 2.79. The Bertz CT molecular complexity index is 718. The number of fused-ring (bicyclic) bond motifs is 1. The van der Waals surface area contributed by atoms with Crippen molar-refractivity contribution in [3.05, 3.63) is 72.3 Å². The molecule has 2 nitrogen and oxygen atoms in total. The van der Waals surface area contributed by atoms with Gasteiger partial charge in [0.1, 0.15) is 0 Å². The highest BCUT2D eigenvalue weighted by molar-refractivity contribution is 6.02. The van der Waals surface area contributed by atoms with Crippen LogP contribution >= 0.6 is 0 Å². The summed E-state index contributed by atoms with van der Waals surface area (Å²) in [7, 11) is 0. The van der Waals surface area contributed by atoms with E-state index >= 15 is 0 Å². The Kier molecular flexibility index (Phi) is 2.76. The molecular formula is C17H13NO. The van der Waals surface area contributed by atoms with E-state index in [4.69, 9.17) is 5.73 Å². The van der Waals surface area contributed by atoms with E-state index in [1.165, 1.54) is 0 Å². The van der Waals surface area contributed by atoms with Gasteiger partial charge in [0, 0.05) is 5.56 Å². The van der Waals surface area contributed by atoms with Gasteiger partial charge in [0.05, 0.1) is 0 Å². The number of hydrogen-bond donors (Lipinski definition) is 1. The summed E-state index contributed by atoms with van der Waals surface area (Å²) in [6.45, 7) is 0. The lowest BCUT2D eigenvalue weighted by molar-refractivity contribution is 0.100. The lowest BCUT2D eigenvalue weighted by Crippen LogP contribution is -2.12. The molecule has 0 saturated carbocycles. The van der Waals surface area contributed by atoms with Gasteiger partial charge in [0.15, 0.2) is 0 Å². The van der Waals surface area contributed by atoms with E-state index in [1.807, 2.05) is 42.5 Å². The fraction of sp³-hybridized carbons (Fsp3) is 0. The van der Waals surface area contributed by atoms with Crippen molar-refractivity contribution in [3.63, 3.8) is 0 Å². The first kappa shape index (κ1) is 11.5. The number of rotatable bonds is 2. The third-order valence-electron chi connectivity index (χ3n) is 3.27. The van der Waals surface area contributed by atoms with Crippen molar-refractivity contribution >= 4 is 5.91 Å². The van der Waals surface area contributed by atoms with Gasteiger partial charge in [-0.15, -0.1) is 0 Å². The van der Waals surface area contributed by atoms with Crippen LogP contribution in [0.2, 0.25) is 0 Å². The Morgan fingerprint density at radius 1 is 0.684 bits per heavy atom. The van der Waals surface area contributed by atoms with E-state index < -0.39 is 5.91 Å². The zero-order valence-electron chi connectivity index (χ0n) is 10.3. The average molecular weight is 247 g/mol. The second kappa shape index (κ2) is 4.58. The van der Waals surface area contributed by atoms with Gasteiger partial charge in [-0.25, -0.2) is 0 Å². The van der Waals surface area contributed by atoms with Crippen molar-refractivity contribution in [1.29, 1.82) is 0 Å². The SMILES string of the molecule is NC(=O)c1ccccc1-c1ccccc2cccc1-2. The molecule has 3 rings (SSSR count). The third-order valence-corrected chi connectivity index (χ3v) is 3.27. The normalized spacial score (nSPS) is 10.5. The molecule has 0 heterocycles. The molecule has 0 aromatic heterocycles. The molecular weight excluding hydrogens is 234 g/mol. The van der Waals surface area contributed by atoms with Crippen LogP contribution in [0.15, 0.2) is 66.7 Å². The molecule has 0 spiro atoms. The molecule has 2 aliphatic carbocycles. The van der Waals surface area contributed by atoms with Gasteiger partial charge >= 0.3 is 0 Å². The number of nitrogens with two attached hydrogens (primary N) is 1. The molecule has 2 aliphatic rings. The zero-order chi connectivity index (χ0) is 13.2. The van der Waals surface area contributed by atoms with E-state index in [9.17, 15) is 4.79 Å². The summed E-state index contributed by atoms with van der Waals surface area (Å²) in [4.78, 5) is 11.6. The summed E-state index contributed by atoms with van der Waals surface area (Å²) in [6.07, 6.45) is 0. The molecule has 1 amide bonds. The number of hydrogen-bond acceptors (Lipinski definition) is 1. The van der Waals surface area contributed by atoms with Crippen molar-refractivity contribution in [2.75, 3.05) is 0 Å². The smallest absolute Gasteiger partial charge is 0.249 e. The molecule has 0 atom stereocenters. The first-order chi connectivity index (χ1) is 9.27. The van der Waals surface area contributed by atoms with Crippen molar-refractivity contribution in [3.8, 4) is 22.3 Å². The molecule has 0 saturated heterocycles. The number of carbonyl (C=O) groups excluding carboxylic acids is 1. The minimum atomic E-state index is -0.401. The second-order valence-corrected chi connectivity index (χ2v) is 4.44. The number of benzene rings is 1. The molecule has 92 valence electrons. The highest BCUT2D eigenvalue weighted by atomic mass is 16.1. The molecule has 2 heteroatoms. The van der Waals surface area contributed by atoms with E-state index in [0.29, 0.717) is 5.56 Å². The Morgan fingerprint density at radius 2 is 1.26 bits per heavy atom. The van der Waals surface area contributed by atoms with E-state index in [0.717, 1.165) is 22.3 Å². The Balaban J connectivity index is 2.30. The fourth-order valence-electron chi connectivity index (χ4n) is 2.39. The summed E-state index contributed by atoms with van der Waals surface area (Å²) >= 11 is 0. The summed E-state index contributed by atoms with van der Waals surface area (Å²) in [5.41, 5.74) is 10.2. The van der Waals surface area contributed by atoms with Crippen LogP contribution in [-0.4, -0.2) is 5.91 Å². The second-order valence-electron chi connectivity index (χ2n) is 4.44. The largest absolute Gasteiger partial charge is 0.366 e.